The first-order chi connectivity index (χ1) is 17.6. The predicted octanol–water partition coefficient (Wildman–Crippen LogP) is -0.0579. The summed E-state index contributed by atoms with van der Waals surface area (Å²) in [6.07, 6.45) is -1.08. The van der Waals surface area contributed by atoms with Crippen LogP contribution in [0.4, 0.5) is 0 Å². The van der Waals surface area contributed by atoms with Crippen molar-refractivity contribution in [1.29, 1.82) is 0 Å². The monoisotopic (exact) mass is 534 g/mol. The zero-order valence-corrected chi connectivity index (χ0v) is 20.8. The molecule has 3 rings (SSSR count). The average Bonchev–Trinajstić information content (AvgIpc) is 2.89. The molecule has 14 heteroatoms. The van der Waals surface area contributed by atoms with Gasteiger partial charge in [0.15, 0.2) is 6.04 Å². The fourth-order valence-electron chi connectivity index (χ4n) is 3.38. The molecular formula is C23H23ClN4O9. The Kier molecular flexibility index (Phi) is 8.63. The van der Waals surface area contributed by atoms with Crippen LogP contribution in [-0.2, 0) is 23.9 Å². The first-order valence-corrected chi connectivity index (χ1v) is 11.0. The lowest BCUT2D eigenvalue weighted by Gasteiger charge is -2.28. The number of nitrogens with zero attached hydrogens (tertiary/aromatic N) is 1. The average molecular weight is 535 g/mol. The molecule has 1 aliphatic rings. The van der Waals surface area contributed by atoms with Crippen LogP contribution in [0.25, 0.3) is 11.0 Å². The third kappa shape index (κ3) is 6.13. The van der Waals surface area contributed by atoms with Gasteiger partial charge in [-0.15, -0.1) is 0 Å². The molecule has 0 saturated carbocycles. The number of aliphatic imine (C=N–C) groups is 1. The highest BCUT2D eigenvalue weighted by atomic mass is 35.5. The SMILES string of the molecule is C=C1CNC(C(NC(=O)CNC(=O)c2cc3cc(Cl)c(OC)cc3oc2=O)C(=O)OC)N=C1C(=O)OC. The van der Waals surface area contributed by atoms with Gasteiger partial charge in [0.05, 0.1) is 32.9 Å². The molecule has 0 bridgehead atoms. The first kappa shape index (κ1) is 27.4. The van der Waals surface area contributed by atoms with Crippen molar-refractivity contribution in [3.05, 3.63) is 51.4 Å². The Hall–Kier alpha value is -4.23. The highest BCUT2D eigenvalue weighted by molar-refractivity contribution is 6.43. The Bertz CT molecular complexity index is 1370. The van der Waals surface area contributed by atoms with Crippen LogP contribution in [0.15, 0.2) is 44.6 Å². The van der Waals surface area contributed by atoms with E-state index in [0.29, 0.717) is 11.0 Å². The van der Waals surface area contributed by atoms with Crippen LogP contribution < -0.4 is 26.3 Å². The number of methoxy groups -OCH3 is 3. The van der Waals surface area contributed by atoms with Crippen LogP contribution in [0.5, 0.6) is 5.75 Å². The molecule has 1 aromatic heterocycles. The summed E-state index contributed by atoms with van der Waals surface area (Å²) < 4.78 is 19.6. The van der Waals surface area contributed by atoms with Crippen molar-refractivity contribution in [2.45, 2.75) is 12.2 Å². The fraction of sp³-hybridized carbons (Fsp3) is 0.304. The molecule has 2 amide bonds. The summed E-state index contributed by atoms with van der Waals surface area (Å²) in [5, 5.41) is 8.12. The normalized spacial score (nSPS) is 15.8. The Morgan fingerprint density at radius 1 is 1.22 bits per heavy atom. The summed E-state index contributed by atoms with van der Waals surface area (Å²) >= 11 is 6.09. The third-order valence-corrected chi connectivity index (χ3v) is 5.55. The summed E-state index contributed by atoms with van der Waals surface area (Å²) in [6, 6.07) is 2.77. The third-order valence-electron chi connectivity index (χ3n) is 5.25. The minimum Gasteiger partial charge on any atom is -0.495 e. The van der Waals surface area contributed by atoms with Gasteiger partial charge >= 0.3 is 17.6 Å². The van der Waals surface area contributed by atoms with E-state index in [0.717, 1.165) is 7.11 Å². The number of carbonyl (C=O) groups excluding carboxylic acids is 4. The number of carbonyl (C=O) groups is 4. The summed E-state index contributed by atoms with van der Waals surface area (Å²) in [6.45, 7) is 3.19. The summed E-state index contributed by atoms with van der Waals surface area (Å²) in [4.78, 5) is 65.8. The van der Waals surface area contributed by atoms with E-state index in [4.69, 9.17) is 25.5 Å². The number of nitrogens with one attached hydrogen (secondary N) is 3. The van der Waals surface area contributed by atoms with Gasteiger partial charge in [-0.2, -0.15) is 0 Å². The highest BCUT2D eigenvalue weighted by Gasteiger charge is 2.35. The molecule has 0 aliphatic carbocycles. The fourth-order valence-corrected chi connectivity index (χ4v) is 3.63. The van der Waals surface area contributed by atoms with Crippen molar-refractivity contribution in [2.75, 3.05) is 34.4 Å². The number of ether oxygens (including phenoxy) is 3. The largest absolute Gasteiger partial charge is 0.495 e. The summed E-state index contributed by atoms with van der Waals surface area (Å²) in [7, 11) is 3.67. The van der Waals surface area contributed by atoms with Gasteiger partial charge in [0.2, 0.25) is 5.91 Å². The number of halogens is 1. The van der Waals surface area contributed by atoms with Crippen molar-refractivity contribution in [2.24, 2.45) is 4.99 Å². The number of fused-ring (bicyclic) bond motifs is 1. The van der Waals surface area contributed by atoms with Gasteiger partial charge < -0.3 is 29.3 Å². The number of benzene rings is 1. The van der Waals surface area contributed by atoms with E-state index >= 15 is 0 Å². The Morgan fingerprint density at radius 2 is 1.95 bits per heavy atom. The smallest absolute Gasteiger partial charge is 0.356 e. The molecule has 2 heterocycles. The number of hydrogen-bond acceptors (Lipinski definition) is 11. The Labute approximate surface area is 214 Å². The maximum Gasteiger partial charge on any atom is 0.356 e. The van der Waals surface area contributed by atoms with Crippen molar-refractivity contribution >= 4 is 52.0 Å². The highest BCUT2D eigenvalue weighted by Crippen LogP contribution is 2.29. The quantitative estimate of drug-likeness (QED) is 0.307. The number of amides is 2. The van der Waals surface area contributed by atoms with Gasteiger partial charge in [-0.25, -0.2) is 14.4 Å². The first-order valence-electron chi connectivity index (χ1n) is 10.6. The van der Waals surface area contributed by atoms with Crippen LogP contribution in [0.1, 0.15) is 10.4 Å². The molecule has 0 radical (unpaired) electrons. The standard InChI is InChI=1S/C23H23ClN4O9/c1-10-8-25-19(28-17(10)22(32)35-3)18(23(33)36-4)27-16(29)9-26-20(30)12-5-11-6-13(24)15(34-2)7-14(11)37-21(12)31/h5-7,18-19,25H,1,8-9H2,2-4H3,(H,26,30)(H,27,29). The molecule has 0 fully saturated rings. The number of rotatable bonds is 8. The molecule has 3 N–H and O–H groups in total. The van der Waals surface area contributed by atoms with E-state index < -0.39 is 48.1 Å². The van der Waals surface area contributed by atoms with Gasteiger partial charge in [0.1, 0.15) is 28.8 Å². The van der Waals surface area contributed by atoms with Crippen LogP contribution in [0.2, 0.25) is 5.02 Å². The van der Waals surface area contributed by atoms with Crippen molar-refractivity contribution in [1.82, 2.24) is 16.0 Å². The van der Waals surface area contributed by atoms with E-state index in [1.807, 2.05) is 0 Å². The van der Waals surface area contributed by atoms with E-state index in [-0.39, 0.29) is 34.2 Å². The molecule has 1 aromatic carbocycles. The molecule has 1 aliphatic heterocycles. The van der Waals surface area contributed by atoms with Crippen molar-refractivity contribution < 1.29 is 37.8 Å². The Morgan fingerprint density at radius 3 is 2.59 bits per heavy atom. The molecule has 2 atom stereocenters. The van der Waals surface area contributed by atoms with Crippen molar-refractivity contribution in [3.8, 4) is 5.75 Å². The summed E-state index contributed by atoms with van der Waals surface area (Å²) in [5.74, 6) is -3.04. The second-order valence-corrected chi connectivity index (χ2v) is 8.03. The molecule has 13 nitrogen and oxygen atoms in total. The molecule has 0 spiro atoms. The topological polar surface area (TPSA) is 175 Å². The number of esters is 2. The predicted molar refractivity (Wildman–Crippen MR) is 131 cm³/mol. The molecule has 0 saturated heterocycles. The van der Waals surface area contributed by atoms with Gasteiger partial charge in [-0.05, 0) is 17.7 Å². The molecule has 196 valence electrons. The van der Waals surface area contributed by atoms with Crippen LogP contribution in [0, 0.1) is 0 Å². The van der Waals surface area contributed by atoms with Crippen LogP contribution >= 0.6 is 11.6 Å². The second kappa shape index (κ2) is 11.7. The minimum absolute atomic E-state index is 0.0896. The lowest BCUT2D eigenvalue weighted by molar-refractivity contribution is -0.145. The molecule has 37 heavy (non-hydrogen) atoms. The zero-order chi connectivity index (χ0) is 27.3. The molecule has 2 unspecified atom stereocenters. The van der Waals surface area contributed by atoms with E-state index in [2.05, 4.69) is 32.3 Å². The summed E-state index contributed by atoms with van der Waals surface area (Å²) in [5.41, 5.74) is -0.928. The van der Waals surface area contributed by atoms with Crippen molar-refractivity contribution in [3.63, 3.8) is 0 Å². The van der Waals surface area contributed by atoms with Crippen LogP contribution in [0.3, 0.4) is 0 Å². The van der Waals surface area contributed by atoms with Crippen LogP contribution in [-0.4, -0.2) is 76.1 Å². The van der Waals surface area contributed by atoms with E-state index in [1.54, 1.807) is 0 Å². The lowest BCUT2D eigenvalue weighted by Crippen LogP contribution is -2.57. The zero-order valence-electron chi connectivity index (χ0n) is 20.0. The minimum atomic E-state index is -1.36. The van der Waals surface area contributed by atoms with Gasteiger partial charge in [-0.3, -0.25) is 19.9 Å². The van der Waals surface area contributed by atoms with Gasteiger partial charge in [0, 0.05) is 18.0 Å². The molecule has 2 aromatic rings. The maximum atomic E-state index is 12.6. The van der Waals surface area contributed by atoms with E-state index in [9.17, 15) is 24.0 Å². The molecular weight excluding hydrogens is 512 g/mol. The van der Waals surface area contributed by atoms with E-state index in [1.165, 1.54) is 32.4 Å². The van der Waals surface area contributed by atoms with Gasteiger partial charge in [-0.1, -0.05) is 18.2 Å². The van der Waals surface area contributed by atoms with Gasteiger partial charge in [0.25, 0.3) is 5.91 Å². The lowest BCUT2D eigenvalue weighted by atomic mass is 10.1. The number of hydrogen-bond donors (Lipinski definition) is 3. The maximum absolute atomic E-state index is 12.6. The second-order valence-electron chi connectivity index (χ2n) is 7.62. The Balaban J connectivity index is 1.73.